The Morgan fingerprint density at radius 3 is 2.69 bits per heavy atom. The number of alkyl carbamates (subject to hydrolysis) is 1. The van der Waals surface area contributed by atoms with Gasteiger partial charge in [-0.2, -0.15) is 5.26 Å². The second-order valence-electron chi connectivity index (χ2n) is 8.23. The molecule has 9 nitrogen and oxygen atoms in total. The summed E-state index contributed by atoms with van der Waals surface area (Å²) in [5.41, 5.74) is 4.02. The van der Waals surface area contributed by atoms with E-state index in [1.807, 2.05) is 44.3 Å². The van der Waals surface area contributed by atoms with Gasteiger partial charge in [0.15, 0.2) is 6.73 Å². The molecule has 0 saturated carbocycles. The van der Waals surface area contributed by atoms with Crippen LogP contribution in [0.3, 0.4) is 0 Å². The van der Waals surface area contributed by atoms with Crippen LogP contribution in [-0.2, 0) is 16.0 Å². The van der Waals surface area contributed by atoms with Crippen LogP contribution in [0.5, 0.6) is 0 Å². The Balaban J connectivity index is 1.47. The molecule has 1 heterocycles. The van der Waals surface area contributed by atoms with Gasteiger partial charge in [0.1, 0.15) is 5.76 Å². The molecule has 2 aromatic rings. The van der Waals surface area contributed by atoms with Crippen LogP contribution in [0.2, 0.25) is 0 Å². The van der Waals surface area contributed by atoms with Gasteiger partial charge < -0.3 is 30.7 Å². The van der Waals surface area contributed by atoms with Gasteiger partial charge in [0.2, 0.25) is 0 Å². The third-order valence-electron chi connectivity index (χ3n) is 5.61. The minimum atomic E-state index is -0.509. The maximum Gasteiger partial charge on any atom is 0.407 e. The molecule has 184 valence electrons. The van der Waals surface area contributed by atoms with Crippen LogP contribution in [0.4, 0.5) is 21.0 Å². The summed E-state index contributed by atoms with van der Waals surface area (Å²) in [5, 5.41) is 20.1. The zero-order valence-corrected chi connectivity index (χ0v) is 20.0. The highest BCUT2D eigenvalue weighted by Crippen LogP contribution is 2.24. The molecule has 9 heteroatoms. The molecule has 0 bridgehead atoms. The van der Waals surface area contributed by atoms with Crippen LogP contribution in [0.15, 0.2) is 48.7 Å². The van der Waals surface area contributed by atoms with Crippen molar-refractivity contribution in [1.29, 1.82) is 5.26 Å². The van der Waals surface area contributed by atoms with E-state index in [0.717, 1.165) is 28.9 Å². The minimum Gasteiger partial charge on any atom is -0.471 e. The zero-order chi connectivity index (χ0) is 25.0. The molecule has 0 saturated heterocycles. The van der Waals surface area contributed by atoms with E-state index in [4.69, 9.17) is 14.7 Å². The normalized spacial score (nSPS) is 12.9. The fourth-order valence-corrected chi connectivity index (χ4v) is 3.61. The van der Waals surface area contributed by atoms with Crippen molar-refractivity contribution in [2.75, 3.05) is 24.0 Å². The molecule has 0 fully saturated rings. The van der Waals surface area contributed by atoms with Gasteiger partial charge in [0.25, 0.3) is 0 Å². The van der Waals surface area contributed by atoms with Crippen LogP contribution in [-0.4, -0.2) is 25.5 Å². The molecule has 1 unspecified atom stereocenters. The van der Waals surface area contributed by atoms with Crippen molar-refractivity contribution < 1.29 is 19.1 Å². The van der Waals surface area contributed by atoms with E-state index in [1.165, 1.54) is 0 Å². The first kappa shape index (κ1) is 25.4. The molecule has 0 radical (unpaired) electrons. The summed E-state index contributed by atoms with van der Waals surface area (Å²) < 4.78 is 10.8. The third kappa shape index (κ3) is 7.96. The van der Waals surface area contributed by atoms with Crippen molar-refractivity contribution in [3.8, 4) is 6.07 Å². The van der Waals surface area contributed by atoms with E-state index in [-0.39, 0.29) is 25.1 Å². The molecule has 3 amide bonds. The maximum absolute atomic E-state index is 12.5. The molecule has 4 N–H and O–H groups in total. The highest BCUT2D eigenvalue weighted by atomic mass is 16.5. The molecule has 0 spiro atoms. The number of hydrogen-bond acceptors (Lipinski definition) is 6. The fourth-order valence-electron chi connectivity index (χ4n) is 3.61. The van der Waals surface area contributed by atoms with Crippen molar-refractivity contribution in [3.63, 3.8) is 0 Å². The maximum atomic E-state index is 12.5. The number of nitrogens with one attached hydrogen (secondary N) is 4. The van der Waals surface area contributed by atoms with Gasteiger partial charge >= 0.3 is 12.1 Å². The Morgan fingerprint density at radius 1 is 1.20 bits per heavy atom. The first-order valence-corrected chi connectivity index (χ1v) is 11.6. The molecule has 1 aliphatic heterocycles. The van der Waals surface area contributed by atoms with E-state index in [9.17, 15) is 9.59 Å². The molecular formula is C26H31N5O4. The number of ether oxygens (including phenoxy) is 2. The number of carbonyl (C=O) groups is 2. The summed E-state index contributed by atoms with van der Waals surface area (Å²) in [4.78, 5) is 24.5. The Kier molecular flexibility index (Phi) is 9.37. The van der Waals surface area contributed by atoms with E-state index < -0.39 is 6.09 Å². The number of nitriles is 1. The van der Waals surface area contributed by atoms with Crippen LogP contribution >= 0.6 is 0 Å². The van der Waals surface area contributed by atoms with Gasteiger partial charge in [-0.15, -0.1) is 0 Å². The molecule has 1 aliphatic rings. The van der Waals surface area contributed by atoms with Gasteiger partial charge in [0.05, 0.1) is 12.7 Å². The lowest BCUT2D eigenvalue weighted by molar-refractivity contribution is 0.123. The van der Waals surface area contributed by atoms with Crippen LogP contribution in [0.25, 0.3) is 5.76 Å². The van der Waals surface area contributed by atoms with E-state index >= 15 is 0 Å². The summed E-state index contributed by atoms with van der Waals surface area (Å²) in [5.74, 6) is 0.952. The standard InChI is InChI=1S/C26H31N5O4/c1-3-19(7-5-11-27)16-34-26(33)29-14-20-6-4-8-21(13-20)30-25(32)31-22-9-10-23(18(2)12-22)24-15-28-17-35-24/h4,6,8-10,12-13,15,19,28H,3,5,7,14,16-17H2,1-2H3,(H,29,33)(H2,30,31,32). The topological polar surface area (TPSA) is 125 Å². The number of carbonyl (C=O) groups excluding carboxylic acids is 2. The van der Waals surface area contributed by atoms with Gasteiger partial charge in [-0.1, -0.05) is 25.5 Å². The second-order valence-corrected chi connectivity index (χ2v) is 8.23. The number of urea groups is 1. The summed E-state index contributed by atoms with van der Waals surface area (Å²) >= 11 is 0. The van der Waals surface area contributed by atoms with Crippen molar-refractivity contribution in [3.05, 3.63) is 65.4 Å². The van der Waals surface area contributed by atoms with Crippen molar-refractivity contribution in [2.24, 2.45) is 5.92 Å². The van der Waals surface area contributed by atoms with Crippen molar-refractivity contribution in [1.82, 2.24) is 10.6 Å². The Bertz CT molecular complexity index is 1110. The van der Waals surface area contributed by atoms with Crippen molar-refractivity contribution in [2.45, 2.75) is 39.7 Å². The number of nitrogens with zero attached hydrogens (tertiary/aromatic N) is 1. The Morgan fingerprint density at radius 2 is 2.00 bits per heavy atom. The lowest BCUT2D eigenvalue weighted by Crippen LogP contribution is -2.26. The number of hydrogen-bond donors (Lipinski definition) is 4. The van der Waals surface area contributed by atoms with Gasteiger partial charge in [-0.05, 0) is 60.7 Å². The molecule has 0 aromatic heterocycles. The predicted molar refractivity (Wildman–Crippen MR) is 134 cm³/mol. The molecule has 3 rings (SSSR count). The zero-order valence-electron chi connectivity index (χ0n) is 20.0. The third-order valence-corrected chi connectivity index (χ3v) is 5.61. The highest BCUT2D eigenvalue weighted by molar-refractivity contribution is 6.00. The summed E-state index contributed by atoms with van der Waals surface area (Å²) in [6.45, 7) is 4.97. The van der Waals surface area contributed by atoms with Crippen LogP contribution in [0, 0.1) is 24.2 Å². The summed E-state index contributed by atoms with van der Waals surface area (Å²) in [7, 11) is 0. The van der Waals surface area contributed by atoms with Gasteiger partial charge in [-0.25, -0.2) is 9.59 Å². The van der Waals surface area contributed by atoms with E-state index in [2.05, 4.69) is 27.3 Å². The largest absolute Gasteiger partial charge is 0.471 e. The Hall–Kier alpha value is -4.19. The van der Waals surface area contributed by atoms with E-state index in [0.29, 0.717) is 30.9 Å². The molecular weight excluding hydrogens is 446 g/mol. The molecule has 35 heavy (non-hydrogen) atoms. The number of anilines is 2. The number of aryl methyl sites for hydroxylation is 1. The Labute approximate surface area is 205 Å². The number of benzene rings is 2. The van der Waals surface area contributed by atoms with E-state index in [1.54, 1.807) is 18.2 Å². The molecule has 1 atom stereocenters. The number of amides is 3. The van der Waals surface area contributed by atoms with Crippen LogP contribution < -0.4 is 21.3 Å². The summed E-state index contributed by atoms with van der Waals surface area (Å²) in [6.07, 6.45) is 3.32. The SMILES string of the molecule is CCC(CCC#N)COC(=O)NCc1cccc(NC(=O)Nc2ccc(C3=CNCO3)c(C)c2)c1. The average molecular weight is 478 g/mol. The predicted octanol–water partition coefficient (Wildman–Crippen LogP) is 5.07. The quantitative estimate of drug-likeness (QED) is 0.379. The summed E-state index contributed by atoms with van der Waals surface area (Å²) in [6, 6.07) is 14.6. The van der Waals surface area contributed by atoms with Gasteiger partial charge in [0, 0.05) is 36.1 Å². The number of rotatable bonds is 10. The highest BCUT2D eigenvalue weighted by Gasteiger charge is 2.13. The fraction of sp³-hybridized carbons (Fsp3) is 0.346. The molecule has 0 aliphatic carbocycles. The smallest absolute Gasteiger partial charge is 0.407 e. The first-order chi connectivity index (χ1) is 17.0. The first-order valence-electron chi connectivity index (χ1n) is 11.6. The minimum absolute atomic E-state index is 0.177. The van der Waals surface area contributed by atoms with Crippen molar-refractivity contribution >= 4 is 29.3 Å². The van der Waals surface area contributed by atoms with Crippen LogP contribution in [0.1, 0.15) is 42.9 Å². The molecule has 2 aromatic carbocycles. The second kappa shape index (κ2) is 12.9. The lowest BCUT2D eigenvalue weighted by Gasteiger charge is -2.14. The average Bonchev–Trinajstić information content (AvgIpc) is 3.38. The lowest BCUT2D eigenvalue weighted by atomic mass is 10.0. The van der Waals surface area contributed by atoms with Gasteiger partial charge in [-0.3, -0.25) is 0 Å². The monoisotopic (exact) mass is 477 g/mol.